The molecule has 25 heavy (non-hydrogen) atoms. The van der Waals surface area contributed by atoms with Gasteiger partial charge in [-0.1, -0.05) is 19.3 Å². The normalized spacial score (nSPS) is 22.2. The van der Waals surface area contributed by atoms with Gasteiger partial charge in [0.15, 0.2) is 5.96 Å². The van der Waals surface area contributed by atoms with Gasteiger partial charge in [0.2, 0.25) is 0 Å². The van der Waals surface area contributed by atoms with E-state index in [4.69, 9.17) is 4.74 Å². The molecule has 0 spiro atoms. The van der Waals surface area contributed by atoms with Crippen molar-refractivity contribution in [2.75, 3.05) is 52.7 Å². The highest BCUT2D eigenvalue weighted by Gasteiger charge is 2.38. The molecule has 0 radical (unpaired) electrons. The lowest BCUT2D eigenvalue weighted by atomic mass is 9.80. The van der Waals surface area contributed by atoms with Crippen LogP contribution in [0.1, 0.15) is 46.0 Å². The summed E-state index contributed by atoms with van der Waals surface area (Å²) >= 11 is 1.88. The van der Waals surface area contributed by atoms with Crippen molar-refractivity contribution in [3.05, 3.63) is 0 Å². The molecule has 0 unspecified atom stereocenters. The number of halogens is 1. The molecule has 2 N–H and O–H groups in total. The maximum Gasteiger partial charge on any atom is 0.191 e. The Kier molecular flexibility index (Phi) is 10.4. The molecular weight excluding hydrogens is 447 g/mol. The van der Waals surface area contributed by atoms with E-state index in [1.165, 1.54) is 32.1 Å². The molecule has 1 aliphatic carbocycles. The van der Waals surface area contributed by atoms with Gasteiger partial charge in [-0.05, 0) is 32.9 Å². The van der Waals surface area contributed by atoms with Crippen LogP contribution >= 0.6 is 35.7 Å². The molecule has 2 rings (SSSR count). The molecule has 0 amide bonds. The zero-order chi connectivity index (χ0) is 17.5. The lowest BCUT2D eigenvalue weighted by Crippen LogP contribution is -2.60. The number of thioether (sulfide) groups is 1. The molecule has 7 heteroatoms. The molecule has 1 saturated heterocycles. The van der Waals surface area contributed by atoms with Crippen LogP contribution in [0.25, 0.3) is 0 Å². The van der Waals surface area contributed by atoms with Gasteiger partial charge in [-0.2, -0.15) is 11.8 Å². The maximum atomic E-state index is 5.57. The molecule has 0 aromatic rings. The van der Waals surface area contributed by atoms with Gasteiger partial charge in [-0.3, -0.25) is 9.89 Å². The van der Waals surface area contributed by atoms with E-state index in [9.17, 15) is 0 Å². The zero-order valence-corrected chi connectivity index (χ0v) is 19.5. The first-order valence-corrected chi connectivity index (χ1v) is 10.6. The number of morpholine rings is 1. The van der Waals surface area contributed by atoms with Gasteiger partial charge in [0.25, 0.3) is 0 Å². The minimum absolute atomic E-state index is 0. The third kappa shape index (κ3) is 7.07. The number of guanidine groups is 1. The van der Waals surface area contributed by atoms with Crippen molar-refractivity contribution in [2.24, 2.45) is 4.99 Å². The molecule has 2 aliphatic rings. The van der Waals surface area contributed by atoms with Gasteiger partial charge in [-0.25, -0.2) is 0 Å². The van der Waals surface area contributed by atoms with Crippen LogP contribution < -0.4 is 10.6 Å². The average Bonchev–Trinajstić information content (AvgIpc) is 2.63. The summed E-state index contributed by atoms with van der Waals surface area (Å²) in [6.07, 6.45) is 8.78. The van der Waals surface area contributed by atoms with Crippen molar-refractivity contribution in [2.45, 2.75) is 56.2 Å². The van der Waals surface area contributed by atoms with Crippen molar-refractivity contribution in [3.8, 4) is 0 Å². The lowest BCUT2D eigenvalue weighted by molar-refractivity contribution is -0.0352. The van der Waals surface area contributed by atoms with E-state index in [1.54, 1.807) is 0 Å². The van der Waals surface area contributed by atoms with Crippen LogP contribution in [0.4, 0.5) is 0 Å². The van der Waals surface area contributed by atoms with Crippen LogP contribution in [0.2, 0.25) is 0 Å². The minimum atomic E-state index is 0. The molecule has 2 fully saturated rings. The molecule has 1 aliphatic heterocycles. The average molecular weight is 484 g/mol. The molecular formula is C18H37IN4OS. The number of nitrogens with zero attached hydrogens (tertiary/aromatic N) is 2. The van der Waals surface area contributed by atoms with E-state index in [0.717, 1.165) is 45.4 Å². The Morgan fingerprint density at radius 2 is 1.80 bits per heavy atom. The summed E-state index contributed by atoms with van der Waals surface area (Å²) in [5.74, 6) is 0.926. The highest BCUT2D eigenvalue weighted by Crippen LogP contribution is 2.33. The van der Waals surface area contributed by atoms with Crippen LogP contribution in [0.5, 0.6) is 0 Å². The third-order valence-corrected chi connectivity index (χ3v) is 6.76. The van der Waals surface area contributed by atoms with Crippen molar-refractivity contribution in [1.82, 2.24) is 15.5 Å². The predicted molar refractivity (Wildman–Crippen MR) is 121 cm³/mol. The Morgan fingerprint density at radius 1 is 1.16 bits per heavy atom. The molecule has 148 valence electrons. The topological polar surface area (TPSA) is 48.9 Å². The largest absolute Gasteiger partial charge is 0.379 e. The first-order valence-electron chi connectivity index (χ1n) is 9.34. The Balaban J connectivity index is 0.00000312. The van der Waals surface area contributed by atoms with Crippen LogP contribution in [0.15, 0.2) is 4.99 Å². The number of hydrogen-bond donors (Lipinski definition) is 2. The summed E-state index contributed by atoms with van der Waals surface area (Å²) in [6, 6.07) is 0. The van der Waals surface area contributed by atoms with E-state index in [1.807, 2.05) is 18.8 Å². The molecule has 0 atom stereocenters. The van der Waals surface area contributed by atoms with Gasteiger partial charge in [0, 0.05) is 43.5 Å². The fourth-order valence-electron chi connectivity index (χ4n) is 3.69. The van der Waals surface area contributed by atoms with E-state index in [0.29, 0.717) is 0 Å². The number of rotatable bonds is 6. The lowest BCUT2D eigenvalue weighted by Gasteiger charge is -2.48. The molecule has 5 nitrogen and oxygen atoms in total. The summed E-state index contributed by atoms with van der Waals surface area (Å²) in [4.78, 5) is 7.10. The summed E-state index contributed by atoms with van der Waals surface area (Å²) in [5.41, 5.74) is 0.272. The number of ether oxygens (including phenoxy) is 1. The van der Waals surface area contributed by atoms with E-state index < -0.39 is 0 Å². The number of aliphatic imine (C=N–C) groups is 1. The minimum Gasteiger partial charge on any atom is -0.379 e. The van der Waals surface area contributed by atoms with Crippen molar-refractivity contribution >= 4 is 41.7 Å². The van der Waals surface area contributed by atoms with E-state index in [2.05, 4.69) is 40.6 Å². The van der Waals surface area contributed by atoms with Gasteiger partial charge in [-0.15, -0.1) is 24.0 Å². The smallest absolute Gasteiger partial charge is 0.191 e. The Morgan fingerprint density at radius 3 is 2.36 bits per heavy atom. The molecule has 0 bridgehead atoms. The summed E-state index contributed by atoms with van der Waals surface area (Å²) in [6.45, 7) is 10.3. The number of hydrogen-bond acceptors (Lipinski definition) is 4. The fraction of sp³-hybridized carbons (Fsp3) is 0.944. The molecule has 1 saturated carbocycles. The maximum absolute atomic E-state index is 5.57. The standard InChI is InChI=1S/C18H36N4OS.HI/c1-17(2,24-4)14-20-16(19-3)21-15-18(8-6-5-7-9-18)22-10-12-23-13-11-22;/h5-15H2,1-4H3,(H2,19,20,21);1H. The van der Waals surface area contributed by atoms with Crippen LogP contribution in [-0.4, -0.2) is 73.8 Å². The van der Waals surface area contributed by atoms with Crippen molar-refractivity contribution < 1.29 is 4.74 Å². The van der Waals surface area contributed by atoms with Crippen LogP contribution in [-0.2, 0) is 4.74 Å². The predicted octanol–water partition coefficient (Wildman–Crippen LogP) is 2.95. The SMILES string of the molecule is CN=C(NCC(C)(C)SC)NCC1(N2CCOCC2)CCCCC1.I. The van der Waals surface area contributed by atoms with Gasteiger partial charge in [0.05, 0.1) is 13.2 Å². The van der Waals surface area contributed by atoms with Gasteiger partial charge in [0.1, 0.15) is 0 Å². The molecule has 1 heterocycles. The van der Waals surface area contributed by atoms with E-state index in [-0.39, 0.29) is 34.3 Å². The second-order valence-electron chi connectivity index (χ2n) is 7.63. The summed E-state index contributed by atoms with van der Waals surface area (Å²) in [7, 11) is 1.86. The third-order valence-electron chi connectivity index (χ3n) is 5.51. The second kappa shape index (κ2) is 11.2. The molecule has 0 aromatic carbocycles. The second-order valence-corrected chi connectivity index (χ2v) is 9.14. The fourth-order valence-corrected chi connectivity index (χ4v) is 3.91. The van der Waals surface area contributed by atoms with E-state index >= 15 is 0 Å². The quantitative estimate of drug-likeness (QED) is 0.345. The van der Waals surface area contributed by atoms with Gasteiger partial charge >= 0.3 is 0 Å². The monoisotopic (exact) mass is 484 g/mol. The van der Waals surface area contributed by atoms with Crippen LogP contribution in [0, 0.1) is 0 Å². The Labute approximate surface area is 175 Å². The van der Waals surface area contributed by atoms with Gasteiger partial charge < -0.3 is 15.4 Å². The van der Waals surface area contributed by atoms with Crippen molar-refractivity contribution in [1.29, 1.82) is 0 Å². The summed E-state index contributed by atoms with van der Waals surface area (Å²) in [5, 5.41) is 7.12. The Bertz CT molecular complexity index is 408. The molecule has 0 aromatic heterocycles. The Hall–Kier alpha value is 0.270. The highest BCUT2D eigenvalue weighted by molar-refractivity contribution is 14.0. The van der Waals surface area contributed by atoms with Crippen molar-refractivity contribution in [3.63, 3.8) is 0 Å². The number of nitrogens with one attached hydrogen (secondary N) is 2. The van der Waals surface area contributed by atoms with Crippen LogP contribution in [0.3, 0.4) is 0 Å². The first kappa shape index (κ1) is 23.3. The summed E-state index contributed by atoms with van der Waals surface area (Å²) < 4.78 is 5.78. The first-order chi connectivity index (χ1) is 11.5. The highest BCUT2D eigenvalue weighted by atomic mass is 127. The zero-order valence-electron chi connectivity index (χ0n) is 16.4.